The Labute approximate surface area is 62.4 Å². The minimum Gasteiger partial charge on any atom is -0.392 e. The van der Waals surface area contributed by atoms with Gasteiger partial charge >= 0.3 is 0 Å². The van der Waals surface area contributed by atoms with Gasteiger partial charge in [0.15, 0.2) is 0 Å². The minimum atomic E-state index is 0.111. The Morgan fingerprint density at radius 2 is 2.20 bits per heavy atom. The fraction of sp³-hybridized carbons (Fsp3) is 0.333. The van der Waals surface area contributed by atoms with Crippen LogP contribution in [-0.2, 0) is 0 Å². The lowest BCUT2D eigenvalue weighted by atomic mass is 10.2. The molecule has 0 spiro atoms. The van der Waals surface area contributed by atoms with Gasteiger partial charge in [-0.3, -0.25) is 0 Å². The molecule has 0 unspecified atom stereocenters. The van der Waals surface area contributed by atoms with Crippen molar-refractivity contribution >= 4 is 0 Å². The summed E-state index contributed by atoms with van der Waals surface area (Å²) in [5, 5.41) is 8.37. The summed E-state index contributed by atoms with van der Waals surface area (Å²) in [6, 6.07) is 0. The zero-order chi connectivity index (χ0) is 7.82. The van der Waals surface area contributed by atoms with Crippen molar-refractivity contribution in [2.45, 2.75) is 13.8 Å². The van der Waals surface area contributed by atoms with Crippen LogP contribution in [0.3, 0.4) is 0 Å². The van der Waals surface area contributed by atoms with E-state index >= 15 is 0 Å². The van der Waals surface area contributed by atoms with Crippen molar-refractivity contribution in [3.8, 4) is 0 Å². The van der Waals surface area contributed by atoms with Gasteiger partial charge in [-0.05, 0) is 13.8 Å². The monoisotopic (exact) mass is 138 g/mol. The van der Waals surface area contributed by atoms with Crippen LogP contribution < -0.4 is 0 Å². The molecule has 0 aromatic heterocycles. The van der Waals surface area contributed by atoms with Crippen molar-refractivity contribution in [3.63, 3.8) is 0 Å². The van der Waals surface area contributed by atoms with Gasteiger partial charge in [0.2, 0.25) is 0 Å². The number of hydrogen-bond acceptors (Lipinski definition) is 1. The van der Waals surface area contributed by atoms with Gasteiger partial charge in [-0.25, -0.2) is 0 Å². The molecule has 0 aromatic rings. The zero-order valence-electron chi connectivity index (χ0n) is 6.54. The molecule has 1 heteroatoms. The summed E-state index contributed by atoms with van der Waals surface area (Å²) in [5.74, 6) is 0. The molecular weight excluding hydrogens is 124 g/mol. The first kappa shape index (κ1) is 9.18. The molecule has 0 rings (SSSR count). The van der Waals surface area contributed by atoms with Gasteiger partial charge in [0.05, 0.1) is 6.61 Å². The van der Waals surface area contributed by atoms with E-state index in [0.717, 1.165) is 0 Å². The highest BCUT2D eigenvalue weighted by molar-refractivity contribution is 5.20. The average Bonchev–Trinajstić information content (AvgIpc) is 1.89. The quantitative estimate of drug-likeness (QED) is 0.592. The molecule has 0 saturated heterocycles. The summed E-state index contributed by atoms with van der Waals surface area (Å²) in [6.45, 7) is 4.11. The van der Waals surface area contributed by atoms with E-state index in [1.807, 2.05) is 38.2 Å². The molecule has 0 bridgehead atoms. The lowest BCUT2D eigenvalue weighted by molar-refractivity contribution is 0.343. The van der Waals surface area contributed by atoms with Crippen LogP contribution in [0.15, 0.2) is 36.0 Å². The van der Waals surface area contributed by atoms with Crippen LogP contribution in [-0.4, -0.2) is 11.7 Å². The van der Waals surface area contributed by atoms with Crippen molar-refractivity contribution in [3.05, 3.63) is 36.0 Å². The average molecular weight is 138 g/mol. The van der Waals surface area contributed by atoms with E-state index in [0.29, 0.717) is 0 Å². The number of rotatable bonds is 3. The first-order valence-electron chi connectivity index (χ1n) is 3.38. The molecule has 0 aliphatic heterocycles. The van der Waals surface area contributed by atoms with E-state index < -0.39 is 0 Å². The van der Waals surface area contributed by atoms with Crippen LogP contribution in [0.25, 0.3) is 0 Å². The van der Waals surface area contributed by atoms with Crippen LogP contribution in [0.2, 0.25) is 0 Å². The Hall–Kier alpha value is -0.820. The predicted octanol–water partition coefficient (Wildman–Crippen LogP) is 2.06. The van der Waals surface area contributed by atoms with Gasteiger partial charge in [-0.15, -0.1) is 0 Å². The molecule has 0 amide bonds. The molecule has 0 saturated carbocycles. The normalized spacial score (nSPS) is 13.7. The van der Waals surface area contributed by atoms with Gasteiger partial charge in [0.25, 0.3) is 0 Å². The van der Waals surface area contributed by atoms with E-state index in [4.69, 9.17) is 5.11 Å². The van der Waals surface area contributed by atoms with Crippen molar-refractivity contribution < 1.29 is 5.11 Å². The number of hydrogen-bond donors (Lipinski definition) is 1. The van der Waals surface area contributed by atoms with Gasteiger partial charge < -0.3 is 5.11 Å². The first-order valence-corrected chi connectivity index (χ1v) is 3.38. The molecule has 0 aromatic carbocycles. The van der Waals surface area contributed by atoms with Crippen molar-refractivity contribution in [1.29, 1.82) is 0 Å². The number of allylic oxidation sites excluding steroid dienone is 5. The highest BCUT2D eigenvalue weighted by Crippen LogP contribution is 1.94. The molecule has 0 aliphatic carbocycles. The first-order chi connectivity index (χ1) is 4.81. The lowest BCUT2D eigenvalue weighted by Crippen LogP contribution is -1.69. The second-order valence-corrected chi connectivity index (χ2v) is 2.02. The largest absolute Gasteiger partial charge is 0.392 e. The second kappa shape index (κ2) is 6.30. The summed E-state index contributed by atoms with van der Waals surface area (Å²) in [4.78, 5) is 0. The Balaban J connectivity index is 3.79. The molecule has 56 valence electrons. The van der Waals surface area contributed by atoms with Crippen molar-refractivity contribution in [2.24, 2.45) is 0 Å². The third-order valence-corrected chi connectivity index (χ3v) is 1.03. The second-order valence-electron chi connectivity index (χ2n) is 2.02. The Morgan fingerprint density at radius 3 is 2.70 bits per heavy atom. The van der Waals surface area contributed by atoms with Crippen LogP contribution in [0.5, 0.6) is 0 Å². The van der Waals surface area contributed by atoms with E-state index in [1.54, 1.807) is 6.08 Å². The third-order valence-electron chi connectivity index (χ3n) is 1.03. The lowest BCUT2D eigenvalue weighted by Gasteiger charge is -1.84. The molecule has 1 N–H and O–H groups in total. The van der Waals surface area contributed by atoms with Gasteiger partial charge in [-0.2, -0.15) is 0 Å². The fourth-order valence-electron chi connectivity index (χ4n) is 0.599. The minimum absolute atomic E-state index is 0.111. The summed E-state index contributed by atoms with van der Waals surface area (Å²) >= 11 is 0. The van der Waals surface area contributed by atoms with E-state index in [-0.39, 0.29) is 6.61 Å². The Kier molecular flexibility index (Phi) is 5.79. The Bertz CT molecular complexity index is 152. The van der Waals surface area contributed by atoms with Gasteiger partial charge in [0, 0.05) is 0 Å². The SMILES string of the molecule is C\C=C/C(C)=C\C=C\CO. The summed E-state index contributed by atoms with van der Waals surface area (Å²) in [5.41, 5.74) is 1.19. The smallest absolute Gasteiger partial charge is 0.0615 e. The molecule has 1 nitrogen and oxygen atoms in total. The van der Waals surface area contributed by atoms with Crippen molar-refractivity contribution in [1.82, 2.24) is 0 Å². The fourth-order valence-corrected chi connectivity index (χ4v) is 0.599. The molecule has 10 heavy (non-hydrogen) atoms. The number of aliphatic hydroxyl groups excluding tert-OH is 1. The number of aliphatic hydroxyl groups is 1. The van der Waals surface area contributed by atoms with Gasteiger partial charge in [-0.1, -0.05) is 36.0 Å². The van der Waals surface area contributed by atoms with E-state index in [1.165, 1.54) is 5.57 Å². The zero-order valence-corrected chi connectivity index (χ0v) is 6.54. The van der Waals surface area contributed by atoms with Crippen molar-refractivity contribution in [2.75, 3.05) is 6.61 Å². The summed E-state index contributed by atoms with van der Waals surface area (Å²) in [7, 11) is 0. The summed E-state index contributed by atoms with van der Waals surface area (Å²) in [6.07, 6.45) is 9.50. The molecule has 0 radical (unpaired) electrons. The van der Waals surface area contributed by atoms with Crippen LogP contribution in [0.1, 0.15) is 13.8 Å². The predicted molar refractivity (Wildman–Crippen MR) is 44.8 cm³/mol. The molecular formula is C9H14O. The Morgan fingerprint density at radius 1 is 1.50 bits per heavy atom. The molecule has 0 fully saturated rings. The molecule has 0 aliphatic rings. The third kappa shape index (κ3) is 5.32. The van der Waals surface area contributed by atoms with Crippen LogP contribution in [0, 0.1) is 0 Å². The molecule has 0 heterocycles. The van der Waals surface area contributed by atoms with E-state index in [2.05, 4.69) is 0 Å². The maximum Gasteiger partial charge on any atom is 0.0615 e. The van der Waals surface area contributed by atoms with E-state index in [9.17, 15) is 0 Å². The van der Waals surface area contributed by atoms with Crippen LogP contribution >= 0.6 is 0 Å². The highest BCUT2D eigenvalue weighted by Gasteiger charge is 1.74. The topological polar surface area (TPSA) is 20.2 Å². The highest BCUT2D eigenvalue weighted by atomic mass is 16.2. The summed E-state index contributed by atoms with van der Waals surface area (Å²) < 4.78 is 0. The van der Waals surface area contributed by atoms with Gasteiger partial charge in [0.1, 0.15) is 0 Å². The maximum absolute atomic E-state index is 8.37. The van der Waals surface area contributed by atoms with Crippen LogP contribution in [0.4, 0.5) is 0 Å². The standard InChI is InChI=1S/C9H14O/c1-3-6-9(2)7-4-5-8-10/h3-7,10H,8H2,1-2H3/b5-4+,6-3-,9-7-. The molecule has 0 atom stereocenters. The maximum atomic E-state index is 8.37.